The van der Waals surface area contributed by atoms with Crippen LogP contribution >= 0.6 is 11.3 Å². The van der Waals surface area contributed by atoms with Gasteiger partial charge in [0.15, 0.2) is 0 Å². The van der Waals surface area contributed by atoms with E-state index in [0.717, 1.165) is 0 Å². The molecule has 7 heteroatoms. The van der Waals surface area contributed by atoms with E-state index in [4.69, 9.17) is 9.84 Å². The van der Waals surface area contributed by atoms with Gasteiger partial charge in [0.25, 0.3) is 0 Å². The molecule has 0 aliphatic heterocycles. The molecule has 0 aliphatic carbocycles. The molecule has 1 aromatic heterocycles. The van der Waals surface area contributed by atoms with Gasteiger partial charge in [0.1, 0.15) is 0 Å². The maximum Gasteiger partial charge on any atom is 0.244 e. The van der Waals surface area contributed by atoms with E-state index in [9.17, 15) is 8.42 Å². The van der Waals surface area contributed by atoms with Gasteiger partial charge in [-0.05, 0) is 18.4 Å². The SMILES string of the molecule is COC(C)CN(C)S(=O)(=O)c1ccsc1CO. The fourth-order valence-electron chi connectivity index (χ4n) is 1.38. The van der Waals surface area contributed by atoms with Gasteiger partial charge in [0.05, 0.1) is 17.6 Å². The molecule has 0 aromatic carbocycles. The van der Waals surface area contributed by atoms with Crippen LogP contribution in [0.3, 0.4) is 0 Å². The number of methoxy groups -OCH3 is 1. The predicted octanol–water partition coefficient (Wildman–Crippen LogP) is 0.896. The summed E-state index contributed by atoms with van der Waals surface area (Å²) in [6, 6.07) is 1.51. The molecule has 0 bridgehead atoms. The normalized spacial score (nSPS) is 14.2. The zero-order valence-electron chi connectivity index (χ0n) is 10.1. The highest BCUT2D eigenvalue weighted by Crippen LogP contribution is 2.24. The largest absolute Gasteiger partial charge is 0.391 e. The maximum atomic E-state index is 12.2. The molecule has 0 amide bonds. The Bertz CT molecular complexity index is 455. The summed E-state index contributed by atoms with van der Waals surface area (Å²) < 4.78 is 30.7. The number of hydrogen-bond donors (Lipinski definition) is 1. The molecule has 1 aromatic rings. The fourth-order valence-corrected chi connectivity index (χ4v) is 3.88. The number of hydrogen-bond acceptors (Lipinski definition) is 5. The minimum absolute atomic E-state index is 0.175. The minimum atomic E-state index is -3.54. The van der Waals surface area contributed by atoms with Crippen LogP contribution in [0.4, 0.5) is 0 Å². The van der Waals surface area contributed by atoms with Crippen LogP contribution in [-0.4, -0.2) is 44.6 Å². The van der Waals surface area contributed by atoms with E-state index in [1.807, 2.05) is 0 Å². The first-order chi connectivity index (χ1) is 7.93. The molecule has 0 radical (unpaired) electrons. The molecule has 98 valence electrons. The van der Waals surface area contributed by atoms with Crippen molar-refractivity contribution in [3.8, 4) is 0 Å². The van der Waals surface area contributed by atoms with Crippen LogP contribution < -0.4 is 0 Å². The highest BCUT2D eigenvalue weighted by molar-refractivity contribution is 7.89. The van der Waals surface area contributed by atoms with E-state index in [1.165, 1.54) is 35.9 Å². The molecule has 1 heterocycles. The fraction of sp³-hybridized carbons (Fsp3) is 0.600. The predicted molar refractivity (Wildman–Crippen MR) is 66.5 cm³/mol. The standard InChI is InChI=1S/C10H17NO4S2/c1-8(15-3)6-11(2)17(13,14)10-4-5-16-9(10)7-12/h4-5,8,12H,6-7H2,1-3H3. The van der Waals surface area contributed by atoms with Crippen LogP contribution in [0.5, 0.6) is 0 Å². The number of ether oxygens (including phenoxy) is 1. The summed E-state index contributed by atoms with van der Waals surface area (Å²) in [4.78, 5) is 0.637. The van der Waals surface area contributed by atoms with Crippen LogP contribution in [0.1, 0.15) is 11.8 Å². The summed E-state index contributed by atoms with van der Waals surface area (Å²) in [7, 11) is -0.500. The molecule has 0 spiro atoms. The van der Waals surface area contributed by atoms with Crippen molar-refractivity contribution in [1.29, 1.82) is 0 Å². The average Bonchev–Trinajstić information content (AvgIpc) is 2.77. The zero-order valence-corrected chi connectivity index (χ0v) is 11.7. The van der Waals surface area contributed by atoms with Gasteiger partial charge in [-0.15, -0.1) is 11.3 Å². The van der Waals surface area contributed by atoms with Crippen molar-refractivity contribution in [2.45, 2.75) is 24.5 Å². The van der Waals surface area contributed by atoms with Crippen LogP contribution in [0.2, 0.25) is 0 Å². The third-order valence-corrected chi connectivity index (χ3v) is 5.40. The van der Waals surface area contributed by atoms with Crippen LogP contribution in [0.15, 0.2) is 16.3 Å². The summed E-state index contributed by atoms with van der Waals surface area (Å²) in [5.41, 5.74) is 0. The highest BCUT2D eigenvalue weighted by Gasteiger charge is 2.25. The molecule has 0 saturated carbocycles. The van der Waals surface area contributed by atoms with Crippen molar-refractivity contribution in [2.24, 2.45) is 0 Å². The van der Waals surface area contributed by atoms with Crippen molar-refractivity contribution in [3.63, 3.8) is 0 Å². The van der Waals surface area contributed by atoms with Gasteiger partial charge in [0.2, 0.25) is 10.0 Å². The molecule has 0 fully saturated rings. The second-order valence-electron chi connectivity index (χ2n) is 3.70. The maximum absolute atomic E-state index is 12.2. The van der Waals surface area contributed by atoms with Crippen molar-refractivity contribution < 1.29 is 18.3 Å². The Hall–Kier alpha value is -0.470. The van der Waals surface area contributed by atoms with Crippen LogP contribution in [0, 0.1) is 0 Å². The van der Waals surface area contributed by atoms with Gasteiger partial charge >= 0.3 is 0 Å². The van der Waals surface area contributed by atoms with E-state index in [0.29, 0.717) is 4.88 Å². The lowest BCUT2D eigenvalue weighted by atomic mass is 10.4. The zero-order chi connectivity index (χ0) is 13.1. The minimum Gasteiger partial charge on any atom is -0.391 e. The van der Waals surface area contributed by atoms with Gasteiger partial charge in [-0.3, -0.25) is 0 Å². The third kappa shape index (κ3) is 3.26. The Morgan fingerprint density at radius 2 is 2.24 bits per heavy atom. The summed E-state index contributed by atoms with van der Waals surface area (Å²) in [5.74, 6) is 0. The Balaban J connectivity index is 2.95. The lowest BCUT2D eigenvalue weighted by Gasteiger charge is -2.20. The van der Waals surface area contributed by atoms with Gasteiger partial charge in [-0.2, -0.15) is 4.31 Å². The summed E-state index contributed by atoms with van der Waals surface area (Å²) >= 11 is 1.23. The first kappa shape index (κ1) is 14.6. The Morgan fingerprint density at radius 3 is 2.76 bits per heavy atom. The van der Waals surface area contributed by atoms with E-state index in [-0.39, 0.29) is 24.2 Å². The van der Waals surface area contributed by atoms with Gasteiger partial charge < -0.3 is 9.84 Å². The lowest BCUT2D eigenvalue weighted by molar-refractivity contribution is 0.104. The first-order valence-electron chi connectivity index (χ1n) is 5.09. The third-order valence-electron chi connectivity index (χ3n) is 2.45. The topological polar surface area (TPSA) is 66.8 Å². The van der Waals surface area contributed by atoms with Gasteiger partial charge in [-0.25, -0.2) is 8.42 Å². The van der Waals surface area contributed by atoms with Crippen LogP contribution in [-0.2, 0) is 21.4 Å². The molecule has 0 saturated heterocycles. The van der Waals surface area contributed by atoms with Crippen molar-refractivity contribution in [3.05, 3.63) is 16.3 Å². The van der Waals surface area contributed by atoms with E-state index in [1.54, 1.807) is 12.3 Å². The number of aliphatic hydroxyl groups is 1. The smallest absolute Gasteiger partial charge is 0.244 e. The Morgan fingerprint density at radius 1 is 1.59 bits per heavy atom. The summed E-state index contributed by atoms with van der Waals surface area (Å²) in [6.07, 6.45) is -0.175. The quantitative estimate of drug-likeness (QED) is 0.840. The average molecular weight is 279 g/mol. The number of nitrogens with zero attached hydrogens (tertiary/aromatic N) is 1. The van der Waals surface area contributed by atoms with Crippen molar-refractivity contribution in [1.82, 2.24) is 4.31 Å². The molecule has 17 heavy (non-hydrogen) atoms. The van der Waals surface area contributed by atoms with Gasteiger partial charge in [0, 0.05) is 25.6 Å². The second kappa shape index (κ2) is 5.92. The molecule has 0 aliphatic rings. The molecular weight excluding hydrogens is 262 g/mol. The summed E-state index contributed by atoms with van der Waals surface area (Å²) in [5, 5.41) is 10.7. The number of thiophene rings is 1. The molecular formula is C10H17NO4S2. The van der Waals surface area contributed by atoms with Gasteiger partial charge in [-0.1, -0.05) is 0 Å². The number of aliphatic hydroxyl groups excluding tert-OH is 1. The number of likely N-dealkylation sites (N-methyl/N-ethyl adjacent to an activating group) is 1. The summed E-state index contributed by atoms with van der Waals surface area (Å²) in [6.45, 7) is 1.81. The number of rotatable bonds is 6. The molecule has 1 atom stereocenters. The molecule has 1 rings (SSSR count). The van der Waals surface area contributed by atoms with Crippen molar-refractivity contribution in [2.75, 3.05) is 20.7 Å². The monoisotopic (exact) mass is 279 g/mol. The van der Waals surface area contributed by atoms with E-state index in [2.05, 4.69) is 0 Å². The second-order valence-corrected chi connectivity index (χ2v) is 6.71. The highest BCUT2D eigenvalue weighted by atomic mass is 32.2. The van der Waals surface area contributed by atoms with Crippen LogP contribution in [0.25, 0.3) is 0 Å². The Kier molecular flexibility index (Phi) is 5.08. The lowest BCUT2D eigenvalue weighted by Crippen LogP contribution is -2.34. The molecule has 1 N–H and O–H groups in total. The van der Waals surface area contributed by atoms with Crippen molar-refractivity contribution >= 4 is 21.4 Å². The molecule has 1 unspecified atom stereocenters. The van der Waals surface area contributed by atoms with E-state index >= 15 is 0 Å². The molecule has 5 nitrogen and oxygen atoms in total. The Labute approximate surface area is 106 Å². The van der Waals surface area contributed by atoms with E-state index < -0.39 is 10.0 Å². The number of sulfonamides is 1. The first-order valence-corrected chi connectivity index (χ1v) is 7.41.